The van der Waals surface area contributed by atoms with Gasteiger partial charge in [0.05, 0.1) is 15.6 Å². The van der Waals surface area contributed by atoms with Gasteiger partial charge in [0, 0.05) is 19.5 Å². The molecule has 0 radical (unpaired) electrons. The summed E-state index contributed by atoms with van der Waals surface area (Å²) in [4.78, 5) is 14.0. The number of carbonyl (C=O) groups excluding carboxylic acids is 1. The zero-order chi connectivity index (χ0) is 16.2. The predicted octanol–water partition coefficient (Wildman–Crippen LogP) is 3.39. The third-order valence-electron chi connectivity index (χ3n) is 2.74. The number of hydrogen-bond acceptors (Lipinski definition) is 2. The Labute approximate surface area is 133 Å². The van der Waals surface area contributed by atoms with Gasteiger partial charge in [0.15, 0.2) is 0 Å². The Morgan fingerprint density at radius 2 is 2.00 bits per heavy atom. The molecule has 0 aliphatic heterocycles. The molecule has 0 aromatic heterocycles. The van der Waals surface area contributed by atoms with Gasteiger partial charge in [0.25, 0.3) is 5.91 Å². The van der Waals surface area contributed by atoms with Gasteiger partial charge >= 0.3 is 0 Å². The number of carbonyl (C=O) groups is 1. The van der Waals surface area contributed by atoms with Crippen molar-refractivity contribution < 1.29 is 13.6 Å². The molecule has 7 heteroatoms. The topological polar surface area (TPSA) is 46.3 Å². The van der Waals surface area contributed by atoms with Gasteiger partial charge in [-0.3, -0.25) is 4.79 Å². The normalized spacial score (nSPS) is 10.8. The highest BCUT2D eigenvalue weighted by Gasteiger charge is 2.22. The van der Waals surface area contributed by atoms with Crippen LogP contribution in [0.5, 0.6) is 0 Å². The van der Waals surface area contributed by atoms with Crippen molar-refractivity contribution in [2.24, 2.45) is 11.7 Å². The lowest BCUT2D eigenvalue weighted by molar-refractivity contribution is 0.0736. The van der Waals surface area contributed by atoms with Crippen molar-refractivity contribution in [1.29, 1.82) is 0 Å². The van der Waals surface area contributed by atoms with E-state index in [4.69, 9.17) is 29.6 Å². The van der Waals surface area contributed by atoms with Crippen LogP contribution in [-0.2, 0) is 0 Å². The molecule has 0 atom stereocenters. The highest BCUT2D eigenvalue weighted by Crippen LogP contribution is 2.21. The first-order valence-corrected chi connectivity index (χ1v) is 7.23. The minimum Gasteiger partial charge on any atom is -0.393 e. The van der Waals surface area contributed by atoms with E-state index < -0.39 is 17.5 Å². The average molecular weight is 335 g/mol. The van der Waals surface area contributed by atoms with E-state index in [-0.39, 0.29) is 28.0 Å². The Morgan fingerprint density at radius 1 is 1.38 bits per heavy atom. The highest BCUT2D eigenvalue weighted by molar-refractivity contribution is 7.80. The molecule has 0 aliphatic rings. The van der Waals surface area contributed by atoms with E-state index in [1.54, 1.807) is 0 Å². The molecule has 0 unspecified atom stereocenters. The molecule has 3 nitrogen and oxygen atoms in total. The molecular formula is C14H17ClF2N2OS. The highest BCUT2D eigenvalue weighted by atomic mass is 35.5. The molecule has 0 saturated carbocycles. The van der Waals surface area contributed by atoms with Gasteiger partial charge in [-0.05, 0) is 18.1 Å². The van der Waals surface area contributed by atoms with Crippen molar-refractivity contribution in [2.45, 2.75) is 20.3 Å². The van der Waals surface area contributed by atoms with Crippen LogP contribution in [0.15, 0.2) is 12.1 Å². The van der Waals surface area contributed by atoms with Crippen molar-refractivity contribution in [3.05, 3.63) is 34.4 Å². The molecule has 0 spiro atoms. The maximum Gasteiger partial charge on any atom is 0.256 e. The molecule has 0 aliphatic carbocycles. The number of benzene rings is 1. The largest absolute Gasteiger partial charge is 0.393 e. The number of hydrogen-bond donors (Lipinski definition) is 1. The Morgan fingerprint density at radius 3 is 2.52 bits per heavy atom. The fourth-order valence-electron chi connectivity index (χ4n) is 1.82. The summed E-state index contributed by atoms with van der Waals surface area (Å²) in [6.45, 7) is 4.49. The van der Waals surface area contributed by atoms with Crippen LogP contribution in [-0.4, -0.2) is 28.9 Å². The Hall–Kier alpha value is -1.27. The summed E-state index contributed by atoms with van der Waals surface area (Å²) in [5.41, 5.74) is 5.08. The van der Waals surface area contributed by atoms with E-state index in [0.29, 0.717) is 13.0 Å². The number of halogens is 3. The molecule has 1 aromatic carbocycles. The molecule has 0 heterocycles. The van der Waals surface area contributed by atoms with Crippen molar-refractivity contribution in [3.8, 4) is 0 Å². The van der Waals surface area contributed by atoms with E-state index in [1.165, 1.54) is 4.90 Å². The molecule has 1 rings (SSSR count). The summed E-state index contributed by atoms with van der Waals surface area (Å²) < 4.78 is 27.3. The Bertz CT molecular complexity index is 552. The second-order valence-corrected chi connectivity index (χ2v) is 6.04. The van der Waals surface area contributed by atoms with Gasteiger partial charge in [-0.1, -0.05) is 37.7 Å². The van der Waals surface area contributed by atoms with Crippen molar-refractivity contribution in [3.63, 3.8) is 0 Å². The van der Waals surface area contributed by atoms with Gasteiger partial charge in [0.1, 0.15) is 11.6 Å². The summed E-state index contributed by atoms with van der Waals surface area (Å²) >= 11 is 10.3. The maximum atomic E-state index is 13.8. The smallest absolute Gasteiger partial charge is 0.256 e. The van der Waals surface area contributed by atoms with Gasteiger partial charge < -0.3 is 10.6 Å². The molecule has 0 fully saturated rings. The zero-order valence-electron chi connectivity index (χ0n) is 11.8. The van der Waals surface area contributed by atoms with Gasteiger partial charge in [-0.25, -0.2) is 8.78 Å². The maximum absolute atomic E-state index is 13.8. The monoisotopic (exact) mass is 334 g/mol. The first kappa shape index (κ1) is 17.8. The lowest BCUT2D eigenvalue weighted by Crippen LogP contribution is -2.37. The van der Waals surface area contributed by atoms with Crippen LogP contribution in [0.2, 0.25) is 5.02 Å². The molecule has 1 amide bonds. The van der Waals surface area contributed by atoms with Gasteiger partial charge in [-0.15, -0.1) is 0 Å². The van der Waals surface area contributed by atoms with Gasteiger partial charge in [-0.2, -0.15) is 0 Å². The van der Waals surface area contributed by atoms with E-state index in [1.807, 2.05) is 13.8 Å². The van der Waals surface area contributed by atoms with Crippen LogP contribution in [0.4, 0.5) is 8.78 Å². The standard InChI is InChI=1S/C14H17ClF2N2OS/c1-8(2)7-19(4-3-13(18)21)14(20)9-5-12(17)10(15)6-11(9)16/h5-6,8H,3-4,7H2,1-2H3,(H2,18,21). The van der Waals surface area contributed by atoms with Crippen LogP contribution in [0, 0.1) is 17.6 Å². The van der Waals surface area contributed by atoms with Crippen molar-refractivity contribution in [2.75, 3.05) is 13.1 Å². The molecule has 0 bridgehead atoms. The van der Waals surface area contributed by atoms with E-state index >= 15 is 0 Å². The summed E-state index contributed by atoms with van der Waals surface area (Å²) in [7, 11) is 0. The third-order valence-corrected chi connectivity index (χ3v) is 3.24. The van der Waals surface area contributed by atoms with Crippen LogP contribution in [0.25, 0.3) is 0 Å². The number of nitrogens with two attached hydrogens (primary N) is 1. The van der Waals surface area contributed by atoms with Crippen LogP contribution >= 0.6 is 23.8 Å². The molecule has 116 valence electrons. The fraction of sp³-hybridized carbons (Fsp3) is 0.429. The summed E-state index contributed by atoms with van der Waals surface area (Å²) in [5.74, 6) is -2.12. The van der Waals surface area contributed by atoms with Crippen molar-refractivity contribution >= 4 is 34.7 Å². The number of thiocarbonyl (C=S) groups is 1. The number of rotatable bonds is 6. The molecular weight excluding hydrogens is 318 g/mol. The lowest BCUT2D eigenvalue weighted by Gasteiger charge is -2.24. The third kappa shape index (κ3) is 5.21. The van der Waals surface area contributed by atoms with Crippen LogP contribution in [0.1, 0.15) is 30.6 Å². The molecule has 1 aromatic rings. The molecule has 2 N–H and O–H groups in total. The van der Waals surface area contributed by atoms with Gasteiger partial charge in [0.2, 0.25) is 0 Å². The van der Waals surface area contributed by atoms with E-state index in [9.17, 15) is 13.6 Å². The quantitative estimate of drug-likeness (QED) is 0.640. The summed E-state index contributed by atoms with van der Waals surface area (Å²) in [6, 6.07) is 1.61. The van der Waals surface area contributed by atoms with Crippen molar-refractivity contribution in [1.82, 2.24) is 4.90 Å². The van der Waals surface area contributed by atoms with E-state index in [2.05, 4.69) is 0 Å². The Balaban J connectivity index is 3.03. The Kier molecular flexibility index (Phi) is 6.48. The summed E-state index contributed by atoms with van der Waals surface area (Å²) in [6.07, 6.45) is 0.325. The zero-order valence-corrected chi connectivity index (χ0v) is 13.4. The SMILES string of the molecule is CC(C)CN(CCC(N)=S)C(=O)c1cc(F)c(Cl)cc1F. The second-order valence-electron chi connectivity index (χ2n) is 5.11. The first-order chi connectivity index (χ1) is 9.72. The minimum absolute atomic E-state index is 0.167. The minimum atomic E-state index is -0.851. The molecule has 0 saturated heterocycles. The second kappa shape index (κ2) is 7.66. The van der Waals surface area contributed by atoms with Crippen LogP contribution < -0.4 is 5.73 Å². The predicted molar refractivity (Wildman–Crippen MR) is 83.5 cm³/mol. The van der Waals surface area contributed by atoms with E-state index in [0.717, 1.165) is 12.1 Å². The summed E-state index contributed by atoms with van der Waals surface area (Å²) in [5, 5.41) is -0.359. The fourth-order valence-corrected chi connectivity index (χ4v) is 2.06. The average Bonchev–Trinajstić information content (AvgIpc) is 2.37. The first-order valence-electron chi connectivity index (χ1n) is 6.44. The molecule has 21 heavy (non-hydrogen) atoms. The van der Waals surface area contributed by atoms with Crippen LogP contribution in [0.3, 0.4) is 0 Å². The number of amides is 1. The number of nitrogens with zero attached hydrogens (tertiary/aromatic N) is 1. The lowest BCUT2D eigenvalue weighted by atomic mass is 10.1.